The monoisotopic (exact) mass is 650 g/mol. The number of phenolic OH excluding ortho intramolecular Hbond substituents is 1. The van der Waals surface area contributed by atoms with Gasteiger partial charge in [-0.05, 0) is 79.8 Å². The van der Waals surface area contributed by atoms with Crippen molar-refractivity contribution in [3.8, 4) is 11.5 Å². The van der Waals surface area contributed by atoms with Crippen molar-refractivity contribution in [3.05, 3.63) is 95.1 Å². The van der Waals surface area contributed by atoms with Gasteiger partial charge in [-0.1, -0.05) is 29.8 Å². The van der Waals surface area contributed by atoms with E-state index in [1.165, 1.54) is 54.6 Å². The van der Waals surface area contributed by atoms with Crippen LogP contribution in [0.25, 0.3) is 0 Å². The second-order valence-electron chi connectivity index (χ2n) is 12.4. The molecule has 4 aliphatic rings. The van der Waals surface area contributed by atoms with Crippen molar-refractivity contribution in [1.29, 1.82) is 0 Å². The van der Waals surface area contributed by atoms with E-state index in [0.29, 0.717) is 5.56 Å². The van der Waals surface area contributed by atoms with Crippen molar-refractivity contribution >= 4 is 46.9 Å². The van der Waals surface area contributed by atoms with E-state index in [4.69, 9.17) is 4.74 Å². The number of aromatic hydroxyl groups is 1. The normalized spacial score (nSPS) is 26.1. The highest BCUT2D eigenvalue weighted by Crippen LogP contribution is 2.59. The fraction of sp³-hybridized carbons (Fsp3) is 0.278. The average molecular weight is 651 g/mol. The molecule has 6 unspecified atom stereocenters. The minimum atomic E-state index is -1.22. The highest BCUT2D eigenvalue weighted by molar-refractivity contribution is 6.24. The summed E-state index contributed by atoms with van der Waals surface area (Å²) in [6.07, 6.45) is 2.15. The fourth-order valence-corrected chi connectivity index (χ4v) is 8.02. The molecule has 1 saturated carbocycles. The van der Waals surface area contributed by atoms with Crippen LogP contribution >= 0.6 is 0 Å². The lowest BCUT2D eigenvalue weighted by Crippen LogP contribution is -2.43. The Morgan fingerprint density at radius 1 is 0.750 bits per heavy atom. The molecule has 2 aliphatic carbocycles. The smallest absolute Gasteiger partial charge is 0.335 e. The molecule has 244 valence electrons. The zero-order valence-electron chi connectivity index (χ0n) is 25.6. The molecule has 3 fully saturated rings. The third-order valence-corrected chi connectivity index (χ3v) is 9.99. The van der Waals surface area contributed by atoms with E-state index in [-0.39, 0.29) is 53.4 Å². The second kappa shape index (κ2) is 11.5. The number of carboxylic acids is 2. The first kappa shape index (κ1) is 30.9. The van der Waals surface area contributed by atoms with Crippen molar-refractivity contribution in [2.75, 3.05) is 16.4 Å². The van der Waals surface area contributed by atoms with Crippen LogP contribution in [0, 0.1) is 29.6 Å². The minimum Gasteiger partial charge on any atom is -0.504 e. The zero-order valence-corrected chi connectivity index (χ0v) is 25.6. The number of hydrogen-bond acceptors (Lipinski definition) is 8. The number of carboxylic acid groups (broad SMARTS) is 2. The van der Waals surface area contributed by atoms with Crippen molar-refractivity contribution in [3.63, 3.8) is 0 Å². The standard InChI is InChI=1S/C36H30N2O10/c1-2-48-27-15-17(9-12-26(27)39)28-22-10-11-23-29(33(42)37(31(23)40)20-7-3-5-18(13-20)35(44)45)24(22)16-25-30(28)34(43)38(32(25)41)21-8-4-6-19(14-21)36(46)47/h3-10,12-15,23-25,28-30,39H,2,11,16H2,1H3,(H,44,45)(H,46,47). The number of benzene rings is 3. The second-order valence-corrected chi connectivity index (χ2v) is 12.4. The summed E-state index contributed by atoms with van der Waals surface area (Å²) in [5.41, 5.74) is 1.37. The van der Waals surface area contributed by atoms with Crippen LogP contribution in [0.4, 0.5) is 11.4 Å². The van der Waals surface area contributed by atoms with E-state index >= 15 is 0 Å². The minimum absolute atomic E-state index is 0.0816. The summed E-state index contributed by atoms with van der Waals surface area (Å²) in [7, 11) is 0. The van der Waals surface area contributed by atoms with Crippen LogP contribution in [-0.2, 0) is 19.2 Å². The number of nitrogens with zero attached hydrogens (tertiary/aromatic N) is 2. The van der Waals surface area contributed by atoms with Gasteiger partial charge in [0.15, 0.2) is 11.5 Å². The molecule has 0 radical (unpaired) electrons. The lowest BCUT2D eigenvalue weighted by Gasteiger charge is -2.44. The number of imide groups is 2. The molecule has 7 rings (SSSR count). The van der Waals surface area contributed by atoms with E-state index in [2.05, 4.69) is 0 Å². The number of carbonyl (C=O) groups excluding carboxylic acids is 4. The molecule has 3 aromatic rings. The van der Waals surface area contributed by atoms with E-state index in [0.717, 1.165) is 15.4 Å². The first-order chi connectivity index (χ1) is 23.0. The Morgan fingerprint density at radius 3 is 1.92 bits per heavy atom. The Hall–Kier alpha value is -5.78. The van der Waals surface area contributed by atoms with Gasteiger partial charge in [-0.25, -0.2) is 9.59 Å². The van der Waals surface area contributed by atoms with Crippen LogP contribution in [0.1, 0.15) is 52.0 Å². The summed E-state index contributed by atoms with van der Waals surface area (Å²) in [4.78, 5) is 81.9. The highest BCUT2D eigenvalue weighted by atomic mass is 16.5. The molecule has 4 amide bonds. The van der Waals surface area contributed by atoms with Gasteiger partial charge in [0.1, 0.15) is 0 Å². The number of phenols is 1. The summed E-state index contributed by atoms with van der Waals surface area (Å²) in [5, 5.41) is 29.6. The molecule has 0 aromatic heterocycles. The number of fused-ring (bicyclic) bond motifs is 4. The van der Waals surface area contributed by atoms with Gasteiger partial charge in [-0.15, -0.1) is 0 Å². The van der Waals surface area contributed by atoms with Crippen molar-refractivity contribution in [2.24, 2.45) is 29.6 Å². The molecule has 0 bridgehead atoms. The zero-order chi connectivity index (χ0) is 34.0. The molecule has 2 heterocycles. The number of anilines is 2. The molecule has 12 heteroatoms. The average Bonchev–Trinajstić information content (AvgIpc) is 3.48. The molecule has 3 aromatic carbocycles. The van der Waals surface area contributed by atoms with Gasteiger partial charge in [-0.3, -0.25) is 29.0 Å². The summed E-state index contributed by atoms with van der Waals surface area (Å²) >= 11 is 0. The first-order valence-electron chi connectivity index (χ1n) is 15.6. The van der Waals surface area contributed by atoms with Gasteiger partial charge in [0.25, 0.3) is 0 Å². The number of amides is 4. The predicted octanol–water partition coefficient (Wildman–Crippen LogP) is 4.23. The SMILES string of the molecule is CCOc1cc(C2C3=CCC4C(=O)N(c5cccc(C(=O)O)c5)C(=O)C4C3CC3C(=O)N(c4cccc(C(=O)O)c4)C(=O)C32)ccc1O. The Balaban J connectivity index is 1.34. The number of carbonyl (C=O) groups is 6. The maximum absolute atomic E-state index is 14.3. The van der Waals surface area contributed by atoms with E-state index in [9.17, 15) is 44.1 Å². The van der Waals surface area contributed by atoms with Crippen LogP contribution in [0.5, 0.6) is 11.5 Å². The molecule has 6 atom stereocenters. The number of ether oxygens (including phenoxy) is 1. The van der Waals surface area contributed by atoms with Crippen molar-refractivity contribution in [2.45, 2.75) is 25.7 Å². The third-order valence-electron chi connectivity index (χ3n) is 9.99. The summed E-state index contributed by atoms with van der Waals surface area (Å²) < 4.78 is 5.64. The molecule has 0 spiro atoms. The molecule has 3 N–H and O–H groups in total. The van der Waals surface area contributed by atoms with Crippen LogP contribution in [0.3, 0.4) is 0 Å². The van der Waals surface area contributed by atoms with Crippen LogP contribution < -0.4 is 14.5 Å². The van der Waals surface area contributed by atoms with Crippen molar-refractivity contribution < 1.29 is 48.8 Å². The lowest BCUT2D eigenvalue weighted by molar-refractivity contribution is -0.126. The topological polar surface area (TPSA) is 179 Å². The van der Waals surface area contributed by atoms with Gasteiger partial charge in [-0.2, -0.15) is 0 Å². The van der Waals surface area contributed by atoms with E-state index in [1.807, 2.05) is 6.08 Å². The summed E-state index contributed by atoms with van der Waals surface area (Å²) in [6.45, 7) is 2.01. The third kappa shape index (κ3) is 4.66. The van der Waals surface area contributed by atoms with Gasteiger partial charge in [0, 0.05) is 5.92 Å². The molecule has 48 heavy (non-hydrogen) atoms. The van der Waals surface area contributed by atoms with E-state index in [1.54, 1.807) is 19.1 Å². The quantitative estimate of drug-likeness (QED) is 0.248. The molecular weight excluding hydrogens is 620 g/mol. The maximum Gasteiger partial charge on any atom is 0.335 e. The number of rotatable bonds is 7. The van der Waals surface area contributed by atoms with Gasteiger partial charge in [0.05, 0.1) is 52.8 Å². The Morgan fingerprint density at radius 2 is 1.33 bits per heavy atom. The van der Waals surface area contributed by atoms with E-state index < -0.39 is 71.1 Å². The molecule has 2 aliphatic heterocycles. The Bertz CT molecular complexity index is 1970. The van der Waals surface area contributed by atoms with Gasteiger partial charge < -0.3 is 20.1 Å². The number of aromatic carboxylic acids is 2. The van der Waals surface area contributed by atoms with Gasteiger partial charge >= 0.3 is 11.9 Å². The maximum atomic E-state index is 14.3. The fourth-order valence-electron chi connectivity index (χ4n) is 8.02. The first-order valence-corrected chi connectivity index (χ1v) is 15.6. The Kier molecular flexibility index (Phi) is 7.38. The lowest BCUT2D eigenvalue weighted by atomic mass is 9.57. The molecular formula is C36H30N2O10. The molecule has 12 nitrogen and oxygen atoms in total. The Labute approximate surface area is 273 Å². The van der Waals surface area contributed by atoms with Crippen LogP contribution in [-0.4, -0.2) is 57.5 Å². The summed E-state index contributed by atoms with van der Waals surface area (Å²) in [5.74, 6) is -9.20. The van der Waals surface area contributed by atoms with Crippen molar-refractivity contribution in [1.82, 2.24) is 0 Å². The number of hydrogen-bond donors (Lipinski definition) is 3. The molecule has 2 saturated heterocycles. The predicted molar refractivity (Wildman–Crippen MR) is 169 cm³/mol. The summed E-state index contributed by atoms with van der Waals surface area (Å²) in [6, 6.07) is 15.9. The largest absolute Gasteiger partial charge is 0.504 e. The van der Waals surface area contributed by atoms with Crippen LogP contribution in [0.2, 0.25) is 0 Å². The highest BCUT2D eigenvalue weighted by Gasteiger charge is 2.62. The van der Waals surface area contributed by atoms with Gasteiger partial charge in [0.2, 0.25) is 23.6 Å². The number of allylic oxidation sites excluding steroid dienone is 2. The van der Waals surface area contributed by atoms with Crippen LogP contribution in [0.15, 0.2) is 78.4 Å².